The predicted molar refractivity (Wildman–Crippen MR) is 86.5 cm³/mol. The van der Waals surface area contributed by atoms with Crippen LogP contribution in [0.2, 0.25) is 0 Å². The lowest BCUT2D eigenvalue weighted by Gasteiger charge is -2.06. The van der Waals surface area contributed by atoms with E-state index in [9.17, 15) is 4.39 Å². The van der Waals surface area contributed by atoms with Gasteiger partial charge in [-0.2, -0.15) is 0 Å². The molecule has 2 heterocycles. The SMILES string of the molecule is COc1ccc(F)cc1CSc1nnc(Cc2csc(C)n2)o1. The predicted octanol–water partition coefficient (Wildman–Crippen LogP) is 3.87. The zero-order valence-corrected chi connectivity index (χ0v) is 14.2. The first kappa shape index (κ1) is 15.9. The molecule has 3 rings (SSSR count). The second-order valence-electron chi connectivity index (χ2n) is 4.74. The second kappa shape index (κ2) is 7.10. The molecule has 23 heavy (non-hydrogen) atoms. The molecular formula is C15H14FN3O2S2. The molecule has 0 aliphatic carbocycles. The molecular weight excluding hydrogens is 337 g/mol. The first-order valence-corrected chi connectivity index (χ1v) is 8.69. The van der Waals surface area contributed by atoms with Crippen molar-refractivity contribution in [3.8, 4) is 5.75 Å². The van der Waals surface area contributed by atoms with Gasteiger partial charge in [0.1, 0.15) is 11.6 Å². The Morgan fingerprint density at radius 1 is 1.35 bits per heavy atom. The number of hydrogen-bond donors (Lipinski definition) is 0. The largest absolute Gasteiger partial charge is 0.496 e. The number of nitrogens with zero attached hydrogens (tertiary/aromatic N) is 3. The smallest absolute Gasteiger partial charge is 0.276 e. The molecule has 120 valence electrons. The molecule has 8 heteroatoms. The van der Waals surface area contributed by atoms with Crippen molar-refractivity contribution in [2.24, 2.45) is 0 Å². The molecule has 0 saturated heterocycles. The Labute approximate surface area is 140 Å². The van der Waals surface area contributed by atoms with Crippen LogP contribution in [-0.2, 0) is 12.2 Å². The molecule has 0 N–H and O–H groups in total. The van der Waals surface area contributed by atoms with Crippen molar-refractivity contribution in [3.63, 3.8) is 0 Å². The quantitative estimate of drug-likeness (QED) is 0.628. The molecule has 0 amide bonds. The summed E-state index contributed by atoms with van der Waals surface area (Å²) in [4.78, 5) is 4.37. The third-order valence-corrected chi connectivity index (χ3v) is 4.73. The highest BCUT2D eigenvalue weighted by Gasteiger charge is 2.11. The summed E-state index contributed by atoms with van der Waals surface area (Å²) in [5, 5.41) is 11.4. The minimum absolute atomic E-state index is 0.300. The van der Waals surface area contributed by atoms with Crippen molar-refractivity contribution in [1.82, 2.24) is 15.2 Å². The second-order valence-corrected chi connectivity index (χ2v) is 6.73. The normalized spacial score (nSPS) is 10.9. The number of ether oxygens (including phenoxy) is 1. The number of hydrogen-bond acceptors (Lipinski definition) is 7. The van der Waals surface area contributed by atoms with E-state index in [-0.39, 0.29) is 5.82 Å². The Morgan fingerprint density at radius 2 is 2.22 bits per heavy atom. The van der Waals surface area contributed by atoms with Crippen LogP contribution in [0.3, 0.4) is 0 Å². The molecule has 5 nitrogen and oxygen atoms in total. The van der Waals surface area contributed by atoms with Gasteiger partial charge in [-0.1, -0.05) is 11.8 Å². The van der Waals surface area contributed by atoms with E-state index in [1.807, 2.05) is 12.3 Å². The van der Waals surface area contributed by atoms with Crippen molar-refractivity contribution in [2.45, 2.75) is 24.3 Å². The maximum Gasteiger partial charge on any atom is 0.276 e. The van der Waals surface area contributed by atoms with Gasteiger partial charge in [-0.05, 0) is 25.1 Å². The summed E-state index contributed by atoms with van der Waals surface area (Å²) in [6, 6.07) is 4.42. The van der Waals surface area contributed by atoms with Crippen LogP contribution >= 0.6 is 23.1 Å². The van der Waals surface area contributed by atoms with Gasteiger partial charge in [0.25, 0.3) is 5.22 Å². The number of thiazole rings is 1. The highest BCUT2D eigenvalue weighted by atomic mass is 32.2. The van der Waals surface area contributed by atoms with Gasteiger partial charge in [0.2, 0.25) is 5.89 Å². The van der Waals surface area contributed by atoms with Crippen LogP contribution in [-0.4, -0.2) is 22.3 Å². The summed E-state index contributed by atoms with van der Waals surface area (Å²) < 4.78 is 24.2. The zero-order chi connectivity index (χ0) is 16.2. The molecule has 1 aromatic carbocycles. The van der Waals surface area contributed by atoms with Gasteiger partial charge < -0.3 is 9.15 Å². The van der Waals surface area contributed by atoms with E-state index >= 15 is 0 Å². The monoisotopic (exact) mass is 351 g/mol. The van der Waals surface area contributed by atoms with Crippen molar-refractivity contribution in [3.05, 3.63) is 51.6 Å². The number of halogens is 1. The van der Waals surface area contributed by atoms with E-state index in [0.717, 1.165) is 16.3 Å². The average Bonchev–Trinajstić information content (AvgIpc) is 3.15. The Kier molecular flexibility index (Phi) is 4.92. The van der Waals surface area contributed by atoms with Crippen LogP contribution in [0, 0.1) is 12.7 Å². The topological polar surface area (TPSA) is 61.0 Å². The van der Waals surface area contributed by atoms with Crippen molar-refractivity contribution >= 4 is 23.1 Å². The fourth-order valence-corrected chi connectivity index (χ4v) is 3.38. The molecule has 0 saturated carbocycles. The standard InChI is InChI=1S/C15H14FN3O2S2/c1-9-17-12(8-22-9)6-14-18-19-15(21-14)23-7-10-5-11(16)3-4-13(10)20-2/h3-5,8H,6-7H2,1-2H3. The van der Waals surface area contributed by atoms with Crippen LogP contribution in [0.25, 0.3) is 0 Å². The zero-order valence-electron chi connectivity index (χ0n) is 12.6. The highest BCUT2D eigenvalue weighted by molar-refractivity contribution is 7.98. The lowest BCUT2D eigenvalue weighted by Crippen LogP contribution is -1.91. The number of rotatable bonds is 6. The fourth-order valence-electron chi connectivity index (χ4n) is 2.01. The van der Waals surface area contributed by atoms with Gasteiger partial charge >= 0.3 is 0 Å². The third-order valence-electron chi connectivity index (χ3n) is 3.04. The van der Waals surface area contributed by atoms with Crippen LogP contribution in [0.5, 0.6) is 5.75 Å². The van der Waals surface area contributed by atoms with Crippen LogP contribution in [0.4, 0.5) is 4.39 Å². The summed E-state index contributed by atoms with van der Waals surface area (Å²) >= 11 is 2.93. The average molecular weight is 351 g/mol. The van der Waals surface area contributed by atoms with Gasteiger partial charge in [0, 0.05) is 16.7 Å². The van der Waals surface area contributed by atoms with Crippen LogP contribution in [0.1, 0.15) is 22.2 Å². The van der Waals surface area contributed by atoms with Gasteiger partial charge in [-0.15, -0.1) is 21.5 Å². The molecule has 0 atom stereocenters. The summed E-state index contributed by atoms with van der Waals surface area (Å²) in [5.74, 6) is 1.34. The Balaban J connectivity index is 1.64. The first-order chi connectivity index (χ1) is 11.1. The van der Waals surface area contributed by atoms with Crippen LogP contribution in [0.15, 0.2) is 33.2 Å². The van der Waals surface area contributed by atoms with E-state index in [1.165, 1.54) is 23.9 Å². The molecule has 0 aliphatic rings. The lowest BCUT2D eigenvalue weighted by atomic mass is 10.2. The number of benzene rings is 1. The lowest BCUT2D eigenvalue weighted by molar-refractivity contribution is 0.409. The number of aryl methyl sites for hydroxylation is 1. The van der Waals surface area contributed by atoms with E-state index in [4.69, 9.17) is 9.15 Å². The molecule has 0 spiro atoms. The molecule has 0 radical (unpaired) electrons. The minimum atomic E-state index is -0.300. The third kappa shape index (κ3) is 4.08. The fraction of sp³-hybridized carbons (Fsp3) is 0.267. The Morgan fingerprint density at radius 3 is 2.96 bits per heavy atom. The van der Waals surface area contributed by atoms with E-state index in [2.05, 4.69) is 15.2 Å². The molecule has 0 unspecified atom stereocenters. The Bertz CT molecular complexity index is 804. The molecule has 3 aromatic rings. The van der Waals surface area contributed by atoms with Crippen molar-refractivity contribution in [1.29, 1.82) is 0 Å². The van der Waals surface area contributed by atoms with Crippen molar-refractivity contribution in [2.75, 3.05) is 7.11 Å². The van der Waals surface area contributed by atoms with E-state index in [1.54, 1.807) is 24.5 Å². The number of thioether (sulfide) groups is 1. The van der Waals surface area contributed by atoms with E-state index in [0.29, 0.717) is 29.0 Å². The van der Waals surface area contributed by atoms with Gasteiger partial charge in [0.15, 0.2) is 0 Å². The summed E-state index contributed by atoms with van der Waals surface area (Å²) in [5.41, 5.74) is 1.66. The molecule has 2 aromatic heterocycles. The summed E-state index contributed by atoms with van der Waals surface area (Å²) in [6.07, 6.45) is 0.515. The molecule has 0 aliphatic heterocycles. The minimum Gasteiger partial charge on any atom is -0.496 e. The van der Waals surface area contributed by atoms with Crippen molar-refractivity contribution < 1.29 is 13.5 Å². The molecule has 0 fully saturated rings. The summed E-state index contributed by atoms with van der Waals surface area (Å²) in [7, 11) is 1.56. The highest BCUT2D eigenvalue weighted by Crippen LogP contribution is 2.28. The number of methoxy groups -OCH3 is 1. The maximum atomic E-state index is 13.3. The van der Waals surface area contributed by atoms with Gasteiger partial charge in [-0.25, -0.2) is 9.37 Å². The van der Waals surface area contributed by atoms with E-state index < -0.39 is 0 Å². The summed E-state index contributed by atoms with van der Waals surface area (Å²) in [6.45, 7) is 1.95. The Hall–Kier alpha value is -1.93. The van der Waals surface area contributed by atoms with Gasteiger partial charge in [-0.3, -0.25) is 0 Å². The van der Waals surface area contributed by atoms with Gasteiger partial charge in [0.05, 0.1) is 24.2 Å². The maximum absolute atomic E-state index is 13.3. The van der Waals surface area contributed by atoms with Crippen LogP contribution < -0.4 is 4.74 Å². The first-order valence-electron chi connectivity index (χ1n) is 6.82. The number of aromatic nitrogens is 3. The molecule has 0 bridgehead atoms.